The molecule has 1 unspecified atom stereocenters. The van der Waals surface area contributed by atoms with Gasteiger partial charge in [-0.2, -0.15) is 0 Å². The molecule has 7 heteroatoms. The van der Waals surface area contributed by atoms with Gasteiger partial charge in [-0.25, -0.2) is 0 Å². The van der Waals surface area contributed by atoms with E-state index in [2.05, 4.69) is 54.2 Å². The number of amides is 2. The Morgan fingerprint density at radius 1 is 1.00 bits per heavy atom. The molecule has 37 heavy (non-hydrogen) atoms. The summed E-state index contributed by atoms with van der Waals surface area (Å²) in [5, 5.41) is 6.03. The average Bonchev–Trinajstić information content (AvgIpc) is 2.86. The summed E-state index contributed by atoms with van der Waals surface area (Å²) in [4.78, 5) is 30.4. The number of ether oxygens (including phenoxy) is 1. The maximum Gasteiger partial charge on any atom is 0.253 e. The van der Waals surface area contributed by atoms with Crippen molar-refractivity contribution in [3.05, 3.63) is 48.0 Å². The number of nitrogens with one attached hydrogen (secondary N) is 2. The molecular formula is C30H44N4O3. The van der Waals surface area contributed by atoms with Crippen LogP contribution in [0, 0.1) is 11.3 Å². The monoisotopic (exact) mass is 508 g/mol. The first-order chi connectivity index (χ1) is 17.6. The van der Waals surface area contributed by atoms with E-state index >= 15 is 0 Å². The average molecular weight is 509 g/mol. The maximum absolute atomic E-state index is 13.1. The van der Waals surface area contributed by atoms with Gasteiger partial charge >= 0.3 is 0 Å². The summed E-state index contributed by atoms with van der Waals surface area (Å²) >= 11 is 0. The van der Waals surface area contributed by atoms with Crippen LogP contribution in [0.3, 0.4) is 0 Å². The Morgan fingerprint density at radius 2 is 1.65 bits per heavy atom. The lowest BCUT2D eigenvalue weighted by molar-refractivity contribution is -0.117. The van der Waals surface area contributed by atoms with Gasteiger partial charge in [0.25, 0.3) is 5.91 Å². The molecule has 0 aromatic heterocycles. The van der Waals surface area contributed by atoms with Gasteiger partial charge in [0.2, 0.25) is 5.91 Å². The summed E-state index contributed by atoms with van der Waals surface area (Å²) in [7, 11) is 1.70. The Labute approximate surface area is 222 Å². The molecule has 2 N–H and O–H groups in total. The van der Waals surface area contributed by atoms with E-state index in [1.165, 1.54) is 0 Å². The van der Waals surface area contributed by atoms with Crippen LogP contribution in [-0.4, -0.2) is 51.6 Å². The van der Waals surface area contributed by atoms with Gasteiger partial charge in [0.1, 0.15) is 5.75 Å². The van der Waals surface area contributed by atoms with Gasteiger partial charge < -0.3 is 25.2 Å². The molecule has 202 valence electrons. The molecule has 3 rings (SSSR count). The number of rotatable bonds is 10. The fraction of sp³-hybridized carbons (Fsp3) is 0.533. The smallest absolute Gasteiger partial charge is 0.253 e. The number of anilines is 3. The number of benzene rings is 2. The molecule has 0 radical (unpaired) electrons. The van der Waals surface area contributed by atoms with Gasteiger partial charge in [0.15, 0.2) is 0 Å². The second-order valence-corrected chi connectivity index (χ2v) is 11.3. The predicted octanol–water partition coefficient (Wildman–Crippen LogP) is 5.56. The largest absolute Gasteiger partial charge is 0.495 e. The Balaban J connectivity index is 1.74. The molecule has 0 aliphatic carbocycles. The predicted molar refractivity (Wildman–Crippen MR) is 153 cm³/mol. The third-order valence-electron chi connectivity index (χ3n) is 6.60. The number of carbonyl (C=O) groups is 2. The summed E-state index contributed by atoms with van der Waals surface area (Å²) in [5.41, 5.74) is 3.42. The fourth-order valence-corrected chi connectivity index (χ4v) is 5.13. The van der Waals surface area contributed by atoms with Gasteiger partial charge in [-0.05, 0) is 54.5 Å². The molecule has 0 spiro atoms. The van der Waals surface area contributed by atoms with Crippen molar-refractivity contribution in [2.75, 3.05) is 55.0 Å². The third kappa shape index (κ3) is 8.14. The molecule has 2 amide bonds. The Hall–Kier alpha value is -3.22. The first-order valence-corrected chi connectivity index (χ1v) is 13.5. The van der Waals surface area contributed by atoms with Crippen LogP contribution in [0.2, 0.25) is 0 Å². The Morgan fingerprint density at radius 3 is 2.27 bits per heavy atom. The van der Waals surface area contributed by atoms with E-state index in [-0.39, 0.29) is 23.1 Å². The number of methoxy groups -OCH3 is 1. The highest BCUT2D eigenvalue weighted by Crippen LogP contribution is 2.31. The van der Waals surface area contributed by atoms with E-state index in [1.807, 2.05) is 43.3 Å². The van der Waals surface area contributed by atoms with Crippen molar-refractivity contribution in [2.45, 2.75) is 53.9 Å². The van der Waals surface area contributed by atoms with Crippen molar-refractivity contribution < 1.29 is 14.3 Å². The molecule has 1 aliphatic heterocycles. The lowest BCUT2D eigenvalue weighted by Crippen LogP contribution is -2.47. The second kappa shape index (κ2) is 12.8. The van der Waals surface area contributed by atoms with Crippen LogP contribution in [0.1, 0.15) is 64.2 Å². The molecular weight excluding hydrogens is 464 g/mol. The van der Waals surface area contributed by atoms with Gasteiger partial charge in [-0.1, -0.05) is 46.8 Å². The Kier molecular flexibility index (Phi) is 9.84. The quantitative estimate of drug-likeness (QED) is 0.439. The lowest BCUT2D eigenvalue weighted by atomic mass is 9.84. The molecule has 2 aromatic rings. The fourth-order valence-electron chi connectivity index (χ4n) is 5.13. The first kappa shape index (κ1) is 28.4. The minimum Gasteiger partial charge on any atom is -0.495 e. The highest BCUT2D eigenvalue weighted by atomic mass is 16.5. The van der Waals surface area contributed by atoms with Gasteiger partial charge in [-0.3, -0.25) is 9.59 Å². The third-order valence-corrected chi connectivity index (χ3v) is 6.60. The van der Waals surface area contributed by atoms with E-state index in [1.54, 1.807) is 7.11 Å². The molecule has 7 nitrogen and oxygen atoms in total. The van der Waals surface area contributed by atoms with Gasteiger partial charge in [0.05, 0.1) is 18.4 Å². The molecule has 1 atom stereocenters. The van der Waals surface area contributed by atoms with Crippen molar-refractivity contribution in [1.29, 1.82) is 0 Å². The molecule has 0 bridgehead atoms. The van der Waals surface area contributed by atoms with Crippen molar-refractivity contribution >= 4 is 28.9 Å². The number of piperazine rings is 1. The van der Waals surface area contributed by atoms with Crippen molar-refractivity contribution in [1.82, 2.24) is 5.32 Å². The number of hydrogen-bond donors (Lipinski definition) is 2. The van der Waals surface area contributed by atoms with Crippen LogP contribution in [0.15, 0.2) is 42.5 Å². The zero-order valence-corrected chi connectivity index (χ0v) is 23.4. The van der Waals surface area contributed by atoms with Crippen LogP contribution < -0.4 is 25.2 Å². The van der Waals surface area contributed by atoms with E-state index in [4.69, 9.17) is 4.74 Å². The highest BCUT2D eigenvalue weighted by Gasteiger charge is 2.24. The van der Waals surface area contributed by atoms with Crippen LogP contribution in [0.4, 0.5) is 17.1 Å². The standard InChI is InChI=1S/C30H44N4O3/c1-7-14-31-29(36)24-20-23(32-28(35)19-22(2)21-30(3,4)5)12-13-25(24)33-15-17-34(18-16-33)26-10-8-9-11-27(26)37-6/h8-13,20,22H,7,14-19,21H2,1-6H3,(H,31,36)(H,32,35). The van der Waals surface area contributed by atoms with E-state index in [9.17, 15) is 9.59 Å². The number of carbonyl (C=O) groups excluding carboxylic acids is 2. The summed E-state index contributed by atoms with van der Waals surface area (Å²) < 4.78 is 5.55. The van der Waals surface area contributed by atoms with Crippen LogP contribution in [0.5, 0.6) is 5.75 Å². The highest BCUT2D eigenvalue weighted by molar-refractivity contribution is 6.02. The zero-order valence-electron chi connectivity index (χ0n) is 23.4. The summed E-state index contributed by atoms with van der Waals surface area (Å²) in [6.07, 6.45) is 2.30. The van der Waals surface area contributed by atoms with E-state index < -0.39 is 0 Å². The summed E-state index contributed by atoms with van der Waals surface area (Å²) in [6.45, 7) is 14.5. The topological polar surface area (TPSA) is 73.9 Å². The van der Waals surface area contributed by atoms with E-state index in [0.717, 1.165) is 56.1 Å². The second-order valence-electron chi connectivity index (χ2n) is 11.3. The van der Waals surface area contributed by atoms with Crippen molar-refractivity contribution in [3.8, 4) is 5.75 Å². The van der Waals surface area contributed by atoms with Crippen molar-refractivity contribution in [3.63, 3.8) is 0 Å². The van der Waals surface area contributed by atoms with Gasteiger partial charge in [-0.15, -0.1) is 0 Å². The lowest BCUT2D eigenvalue weighted by Gasteiger charge is -2.38. The number of nitrogens with zero attached hydrogens (tertiary/aromatic N) is 2. The van der Waals surface area contributed by atoms with Crippen LogP contribution in [0.25, 0.3) is 0 Å². The SMILES string of the molecule is CCCNC(=O)c1cc(NC(=O)CC(C)CC(C)(C)C)ccc1N1CCN(c2ccccc2OC)CC1. The van der Waals surface area contributed by atoms with Crippen LogP contribution >= 0.6 is 0 Å². The molecule has 1 saturated heterocycles. The van der Waals surface area contributed by atoms with Crippen molar-refractivity contribution in [2.24, 2.45) is 11.3 Å². The molecule has 1 aliphatic rings. The number of para-hydroxylation sites is 2. The molecule has 1 fully saturated rings. The minimum absolute atomic E-state index is 0.0187. The normalized spacial score (nSPS) is 14.8. The van der Waals surface area contributed by atoms with Gasteiger partial charge in [0, 0.05) is 50.5 Å². The zero-order chi connectivity index (χ0) is 27.0. The van der Waals surface area contributed by atoms with Crippen LogP contribution in [-0.2, 0) is 4.79 Å². The first-order valence-electron chi connectivity index (χ1n) is 13.5. The summed E-state index contributed by atoms with van der Waals surface area (Å²) in [6, 6.07) is 13.8. The number of hydrogen-bond acceptors (Lipinski definition) is 5. The molecule has 0 saturated carbocycles. The minimum atomic E-state index is -0.110. The van der Waals surface area contributed by atoms with E-state index in [0.29, 0.717) is 24.2 Å². The Bertz CT molecular complexity index is 1060. The molecule has 2 aromatic carbocycles. The maximum atomic E-state index is 13.1. The summed E-state index contributed by atoms with van der Waals surface area (Å²) in [5.74, 6) is 1.02. The molecule has 1 heterocycles.